The van der Waals surface area contributed by atoms with E-state index >= 15 is 0 Å². The van der Waals surface area contributed by atoms with Gasteiger partial charge >= 0.3 is 0 Å². The molecule has 5 nitrogen and oxygen atoms in total. The number of ether oxygens (including phenoxy) is 1. The standard InChI is InChI=1S/C32H35Cl3N2O3/c33-24-16-18-26(19-17-24)40-20-8-15-31(38)37(22-27-28(34)13-7-14-29(27)35)30(21-23-9-3-1-4-10-23)32(39)36-25-11-5-2-6-12-25/h1,3-4,7,9-10,13-14,16-19,25,30H,2,5-6,8,11-12,15,20-22H2,(H,36,39)/t30-/m0/s1. The van der Waals surface area contributed by atoms with Crippen molar-refractivity contribution in [2.45, 2.75) is 70.0 Å². The predicted molar refractivity (Wildman–Crippen MR) is 162 cm³/mol. The first-order valence-corrected chi connectivity index (χ1v) is 15.0. The predicted octanol–water partition coefficient (Wildman–Crippen LogP) is 7.89. The molecule has 0 aromatic heterocycles. The quantitative estimate of drug-likeness (QED) is 0.215. The molecule has 3 aromatic carbocycles. The number of hydrogen-bond donors (Lipinski definition) is 1. The maximum Gasteiger partial charge on any atom is 0.243 e. The van der Waals surface area contributed by atoms with Crippen molar-refractivity contribution in [2.24, 2.45) is 0 Å². The number of rotatable bonds is 12. The molecule has 8 heteroatoms. The van der Waals surface area contributed by atoms with Crippen LogP contribution in [0.1, 0.15) is 56.1 Å². The summed E-state index contributed by atoms with van der Waals surface area (Å²) >= 11 is 19.0. The highest BCUT2D eigenvalue weighted by atomic mass is 35.5. The topological polar surface area (TPSA) is 58.6 Å². The van der Waals surface area contributed by atoms with Crippen LogP contribution in [0.2, 0.25) is 15.1 Å². The van der Waals surface area contributed by atoms with E-state index in [1.54, 1.807) is 47.4 Å². The van der Waals surface area contributed by atoms with Crippen molar-refractivity contribution in [2.75, 3.05) is 6.61 Å². The van der Waals surface area contributed by atoms with Crippen LogP contribution < -0.4 is 10.1 Å². The number of nitrogens with zero attached hydrogens (tertiary/aromatic N) is 1. The van der Waals surface area contributed by atoms with E-state index in [-0.39, 0.29) is 30.8 Å². The molecule has 1 N–H and O–H groups in total. The van der Waals surface area contributed by atoms with Crippen LogP contribution in [0, 0.1) is 0 Å². The summed E-state index contributed by atoms with van der Waals surface area (Å²) in [6.07, 6.45) is 6.36. The molecule has 4 rings (SSSR count). The summed E-state index contributed by atoms with van der Waals surface area (Å²) in [4.78, 5) is 29.3. The van der Waals surface area contributed by atoms with Gasteiger partial charge in [0.1, 0.15) is 11.8 Å². The lowest BCUT2D eigenvalue weighted by Crippen LogP contribution is -2.52. The SMILES string of the molecule is O=C(NC1CCCCC1)[C@H](Cc1ccccc1)N(Cc1c(Cl)cccc1Cl)C(=O)CCCOc1ccc(Cl)cc1. The zero-order valence-corrected chi connectivity index (χ0v) is 24.7. The van der Waals surface area contributed by atoms with Crippen molar-refractivity contribution in [1.82, 2.24) is 10.2 Å². The van der Waals surface area contributed by atoms with Gasteiger partial charge in [0.25, 0.3) is 0 Å². The summed E-state index contributed by atoms with van der Waals surface area (Å²) in [5.41, 5.74) is 1.60. The Kier molecular flexibility index (Phi) is 11.6. The van der Waals surface area contributed by atoms with Crippen LogP contribution in [0.3, 0.4) is 0 Å². The average molecular weight is 602 g/mol. The van der Waals surface area contributed by atoms with E-state index in [1.807, 2.05) is 30.3 Å². The van der Waals surface area contributed by atoms with Crippen molar-refractivity contribution in [1.29, 1.82) is 0 Å². The van der Waals surface area contributed by atoms with Crippen LogP contribution in [0.4, 0.5) is 0 Å². The molecule has 0 bridgehead atoms. The van der Waals surface area contributed by atoms with Gasteiger partial charge in [0, 0.05) is 46.1 Å². The molecule has 0 saturated heterocycles. The Bertz CT molecular complexity index is 1230. The van der Waals surface area contributed by atoms with Crippen molar-refractivity contribution >= 4 is 46.6 Å². The molecular formula is C32H35Cl3N2O3. The van der Waals surface area contributed by atoms with Gasteiger partial charge in [0.2, 0.25) is 11.8 Å². The van der Waals surface area contributed by atoms with Crippen LogP contribution in [0.25, 0.3) is 0 Å². The van der Waals surface area contributed by atoms with Gasteiger partial charge in [0.05, 0.1) is 6.61 Å². The Hall–Kier alpha value is -2.73. The van der Waals surface area contributed by atoms with Gasteiger partial charge < -0.3 is 15.0 Å². The molecular weight excluding hydrogens is 567 g/mol. The lowest BCUT2D eigenvalue weighted by Gasteiger charge is -2.34. The second-order valence-corrected chi connectivity index (χ2v) is 11.4. The fraction of sp³-hybridized carbons (Fsp3) is 0.375. The molecule has 40 heavy (non-hydrogen) atoms. The number of carbonyl (C=O) groups excluding carboxylic acids is 2. The normalized spacial score (nSPS) is 14.4. The molecule has 1 fully saturated rings. The van der Waals surface area contributed by atoms with Gasteiger partial charge in [-0.15, -0.1) is 0 Å². The second kappa shape index (κ2) is 15.3. The summed E-state index contributed by atoms with van der Waals surface area (Å²) in [6.45, 7) is 0.483. The van der Waals surface area contributed by atoms with Crippen LogP contribution in [0.5, 0.6) is 5.75 Å². The van der Waals surface area contributed by atoms with Crippen LogP contribution in [-0.2, 0) is 22.6 Å². The number of carbonyl (C=O) groups is 2. The van der Waals surface area contributed by atoms with Gasteiger partial charge in [-0.25, -0.2) is 0 Å². The average Bonchev–Trinajstić information content (AvgIpc) is 2.96. The first-order chi connectivity index (χ1) is 19.4. The monoisotopic (exact) mass is 600 g/mol. The Labute approximate surface area is 251 Å². The first kappa shape index (κ1) is 30.2. The van der Waals surface area contributed by atoms with E-state index in [1.165, 1.54) is 6.42 Å². The van der Waals surface area contributed by atoms with E-state index in [9.17, 15) is 9.59 Å². The molecule has 0 radical (unpaired) electrons. The lowest BCUT2D eigenvalue weighted by molar-refractivity contribution is -0.141. The minimum absolute atomic E-state index is 0.119. The third kappa shape index (κ3) is 8.89. The van der Waals surface area contributed by atoms with E-state index < -0.39 is 6.04 Å². The highest BCUT2D eigenvalue weighted by Crippen LogP contribution is 2.28. The first-order valence-electron chi connectivity index (χ1n) is 13.9. The third-order valence-electron chi connectivity index (χ3n) is 7.23. The molecule has 0 aliphatic heterocycles. The van der Waals surface area contributed by atoms with Crippen LogP contribution in [0.15, 0.2) is 72.8 Å². The maximum absolute atomic E-state index is 13.9. The van der Waals surface area contributed by atoms with Crippen LogP contribution in [-0.4, -0.2) is 35.4 Å². The summed E-state index contributed by atoms with van der Waals surface area (Å²) in [6, 6.07) is 21.5. The Morgan fingerprint density at radius 3 is 2.23 bits per heavy atom. The largest absolute Gasteiger partial charge is 0.494 e. The molecule has 0 spiro atoms. The molecule has 1 atom stereocenters. The molecule has 0 heterocycles. The fourth-order valence-electron chi connectivity index (χ4n) is 5.04. The summed E-state index contributed by atoms with van der Waals surface area (Å²) in [7, 11) is 0. The van der Waals surface area contributed by atoms with Gasteiger partial charge in [-0.3, -0.25) is 9.59 Å². The van der Waals surface area contributed by atoms with E-state index in [0.717, 1.165) is 31.2 Å². The molecule has 0 unspecified atom stereocenters. The summed E-state index contributed by atoms with van der Waals surface area (Å²) in [5, 5.41) is 4.80. The van der Waals surface area contributed by atoms with Gasteiger partial charge in [-0.05, 0) is 61.2 Å². The summed E-state index contributed by atoms with van der Waals surface area (Å²) < 4.78 is 5.80. The Balaban J connectivity index is 1.55. The molecule has 1 aliphatic rings. The third-order valence-corrected chi connectivity index (χ3v) is 8.19. The number of halogens is 3. The lowest BCUT2D eigenvalue weighted by atomic mass is 9.94. The van der Waals surface area contributed by atoms with Crippen molar-refractivity contribution in [3.05, 3.63) is 99.0 Å². The van der Waals surface area contributed by atoms with E-state index in [2.05, 4.69) is 5.32 Å². The van der Waals surface area contributed by atoms with Crippen molar-refractivity contribution in [3.8, 4) is 5.75 Å². The molecule has 1 saturated carbocycles. The highest BCUT2D eigenvalue weighted by Gasteiger charge is 2.32. The minimum Gasteiger partial charge on any atom is -0.494 e. The molecule has 1 aliphatic carbocycles. The Morgan fingerprint density at radius 2 is 1.55 bits per heavy atom. The molecule has 212 valence electrons. The fourth-order valence-corrected chi connectivity index (χ4v) is 5.68. The van der Waals surface area contributed by atoms with E-state index in [4.69, 9.17) is 39.5 Å². The summed E-state index contributed by atoms with van der Waals surface area (Å²) in [5.74, 6) is 0.380. The highest BCUT2D eigenvalue weighted by molar-refractivity contribution is 6.36. The number of nitrogens with one attached hydrogen (secondary N) is 1. The zero-order valence-electron chi connectivity index (χ0n) is 22.5. The smallest absolute Gasteiger partial charge is 0.243 e. The maximum atomic E-state index is 13.9. The number of benzene rings is 3. The van der Waals surface area contributed by atoms with Gasteiger partial charge in [0.15, 0.2) is 0 Å². The number of hydrogen-bond acceptors (Lipinski definition) is 3. The van der Waals surface area contributed by atoms with Gasteiger partial charge in [-0.1, -0.05) is 90.5 Å². The minimum atomic E-state index is -0.721. The zero-order chi connectivity index (χ0) is 28.3. The van der Waals surface area contributed by atoms with Crippen molar-refractivity contribution in [3.63, 3.8) is 0 Å². The van der Waals surface area contributed by atoms with Crippen LogP contribution >= 0.6 is 34.8 Å². The number of amides is 2. The molecule has 3 aromatic rings. The second-order valence-electron chi connectivity index (χ2n) is 10.2. The van der Waals surface area contributed by atoms with Gasteiger partial charge in [-0.2, -0.15) is 0 Å². The van der Waals surface area contributed by atoms with Crippen molar-refractivity contribution < 1.29 is 14.3 Å². The molecule has 2 amide bonds. The Morgan fingerprint density at radius 1 is 0.875 bits per heavy atom. The van der Waals surface area contributed by atoms with E-state index in [0.29, 0.717) is 45.8 Å².